The number of carbonyl (C=O) groups is 2. The van der Waals surface area contributed by atoms with Crippen molar-refractivity contribution >= 4 is 17.4 Å². The Labute approximate surface area is 103 Å². The smallest absolute Gasteiger partial charge is 0.299 e. The average molecular weight is 254 g/mol. The van der Waals surface area contributed by atoms with E-state index in [4.69, 9.17) is 0 Å². The van der Waals surface area contributed by atoms with Crippen molar-refractivity contribution in [3.8, 4) is 0 Å². The van der Waals surface area contributed by atoms with Crippen LogP contribution in [0.5, 0.6) is 0 Å². The zero-order valence-corrected chi connectivity index (χ0v) is 9.80. The summed E-state index contributed by atoms with van der Waals surface area (Å²) in [4.78, 5) is 24.4. The molecular weight excluding hydrogens is 242 g/mol. The van der Waals surface area contributed by atoms with Crippen LogP contribution in [0.15, 0.2) is 12.1 Å². The van der Waals surface area contributed by atoms with Gasteiger partial charge in [0.15, 0.2) is 5.82 Å². The number of fused-ring (bicyclic) bond motifs is 1. The summed E-state index contributed by atoms with van der Waals surface area (Å²) in [6.07, 6.45) is 0.575. The second-order valence-corrected chi connectivity index (χ2v) is 4.03. The number of amides is 1. The Morgan fingerprint density at radius 1 is 1.28 bits per heavy atom. The number of rotatable bonds is 4. The number of nitrogens with zero attached hydrogens (tertiary/aromatic N) is 1. The van der Waals surface area contributed by atoms with Gasteiger partial charge in [-0.15, -0.1) is 0 Å². The zero-order valence-electron chi connectivity index (χ0n) is 9.80. The molecule has 6 heteroatoms. The first-order chi connectivity index (χ1) is 8.56. The fraction of sp³-hybridized carbons (Fsp3) is 0.333. The molecule has 1 aromatic carbocycles. The summed E-state index contributed by atoms with van der Waals surface area (Å²) >= 11 is 0. The quantitative estimate of drug-likeness (QED) is 0.646. The number of nitrogens with one attached hydrogen (secondary N) is 1. The van der Waals surface area contributed by atoms with Crippen molar-refractivity contribution in [2.24, 2.45) is 0 Å². The molecule has 1 aliphatic rings. The Bertz CT molecular complexity index is 517. The van der Waals surface area contributed by atoms with E-state index < -0.39 is 23.3 Å². The van der Waals surface area contributed by atoms with Crippen LogP contribution < -0.4 is 10.2 Å². The molecule has 0 fully saturated rings. The minimum absolute atomic E-state index is 0.109. The van der Waals surface area contributed by atoms with E-state index in [9.17, 15) is 18.4 Å². The molecule has 18 heavy (non-hydrogen) atoms. The lowest BCUT2D eigenvalue weighted by Crippen LogP contribution is -2.32. The summed E-state index contributed by atoms with van der Waals surface area (Å²) in [5.74, 6) is -3.39. The van der Waals surface area contributed by atoms with Gasteiger partial charge in [-0.25, -0.2) is 8.78 Å². The van der Waals surface area contributed by atoms with Gasteiger partial charge in [0, 0.05) is 12.6 Å². The number of Topliss-reactive ketones (excluding diaryl/α,β-unsaturated/α-hetero) is 1. The normalized spacial score (nSPS) is 14.3. The Hall–Kier alpha value is -1.82. The Morgan fingerprint density at radius 3 is 2.67 bits per heavy atom. The van der Waals surface area contributed by atoms with Crippen molar-refractivity contribution in [2.45, 2.75) is 6.42 Å². The fourth-order valence-corrected chi connectivity index (χ4v) is 1.98. The highest BCUT2D eigenvalue weighted by atomic mass is 19.1. The molecule has 0 bridgehead atoms. The Kier molecular flexibility index (Phi) is 3.38. The van der Waals surface area contributed by atoms with Crippen LogP contribution in [0, 0.1) is 11.6 Å². The SMILES string of the molecule is CNCCCN1C(=O)C(=O)c2cc(F)cc(F)c21. The summed E-state index contributed by atoms with van der Waals surface area (Å²) in [5.41, 5.74) is -0.301. The monoisotopic (exact) mass is 254 g/mol. The number of carbonyl (C=O) groups excluding carboxylic acids is 2. The van der Waals surface area contributed by atoms with E-state index in [0.717, 1.165) is 11.0 Å². The van der Waals surface area contributed by atoms with Crippen molar-refractivity contribution < 1.29 is 18.4 Å². The van der Waals surface area contributed by atoms with E-state index in [2.05, 4.69) is 5.32 Å². The van der Waals surface area contributed by atoms with Crippen molar-refractivity contribution in [1.82, 2.24) is 5.32 Å². The van der Waals surface area contributed by atoms with Crippen molar-refractivity contribution in [3.63, 3.8) is 0 Å². The molecule has 1 heterocycles. The van der Waals surface area contributed by atoms with Crippen LogP contribution in [0.25, 0.3) is 0 Å². The van der Waals surface area contributed by atoms with E-state index >= 15 is 0 Å². The minimum Gasteiger partial charge on any atom is -0.320 e. The van der Waals surface area contributed by atoms with Crippen molar-refractivity contribution in [2.75, 3.05) is 25.0 Å². The molecule has 96 valence electrons. The van der Waals surface area contributed by atoms with Crippen LogP contribution in [-0.4, -0.2) is 31.8 Å². The van der Waals surface area contributed by atoms with Crippen LogP contribution in [0.1, 0.15) is 16.8 Å². The first kappa shape index (κ1) is 12.6. The van der Waals surface area contributed by atoms with E-state index in [0.29, 0.717) is 19.0 Å². The molecule has 1 N–H and O–H groups in total. The first-order valence-corrected chi connectivity index (χ1v) is 5.56. The highest BCUT2D eigenvalue weighted by Gasteiger charge is 2.38. The minimum atomic E-state index is -0.881. The fourth-order valence-electron chi connectivity index (χ4n) is 1.98. The molecule has 0 saturated heterocycles. The summed E-state index contributed by atoms with van der Waals surface area (Å²) in [7, 11) is 1.75. The van der Waals surface area contributed by atoms with Gasteiger partial charge in [0.25, 0.3) is 11.7 Å². The Balaban J connectivity index is 2.36. The van der Waals surface area contributed by atoms with Crippen LogP contribution in [0.4, 0.5) is 14.5 Å². The molecule has 4 nitrogen and oxygen atoms in total. The van der Waals surface area contributed by atoms with E-state index in [-0.39, 0.29) is 17.8 Å². The Morgan fingerprint density at radius 2 is 2.00 bits per heavy atom. The average Bonchev–Trinajstić information content (AvgIpc) is 2.55. The maximum absolute atomic E-state index is 13.7. The van der Waals surface area contributed by atoms with Crippen molar-refractivity contribution in [1.29, 1.82) is 0 Å². The summed E-state index contributed by atoms with van der Waals surface area (Å²) in [6, 6.07) is 1.58. The second kappa shape index (κ2) is 4.81. The molecule has 0 spiro atoms. The standard InChI is InChI=1S/C12H12F2N2O2/c1-15-3-2-4-16-10-8(11(17)12(16)18)5-7(13)6-9(10)14/h5-6,15H,2-4H2,1H3. The van der Waals surface area contributed by atoms with Crippen molar-refractivity contribution in [3.05, 3.63) is 29.3 Å². The van der Waals surface area contributed by atoms with Gasteiger partial charge >= 0.3 is 0 Å². The van der Waals surface area contributed by atoms with Gasteiger partial charge in [-0.05, 0) is 26.1 Å². The molecule has 1 aliphatic heterocycles. The third-order valence-electron chi connectivity index (χ3n) is 2.79. The third kappa shape index (κ3) is 1.99. The second-order valence-electron chi connectivity index (χ2n) is 4.03. The van der Waals surface area contributed by atoms with Gasteiger partial charge in [-0.2, -0.15) is 0 Å². The number of halogens is 2. The molecular formula is C12H12F2N2O2. The highest BCUT2D eigenvalue weighted by molar-refractivity contribution is 6.52. The maximum atomic E-state index is 13.7. The van der Waals surface area contributed by atoms with Crippen LogP contribution in [-0.2, 0) is 4.79 Å². The largest absolute Gasteiger partial charge is 0.320 e. The molecule has 1 amide bonds. The van der Waals surface area contributed by atoms with Gasteiger partial charge < -0.3 is 10.2 Å². The predicted molar refractivity (Wildman–Crippen MR) is 61.6 cm³/mol. The van der Waals surface area contributed by atoms with Gasteiger partial charge in [0.2, 0.25) is 0 Å². The molecule has 0 unspecified atom stereocenters. The zero-order chi connectivity index (χ0) is 13.3. The van der Waals surface area contributed by atoms with E-state index in [1.165, 1.54) is 0 Å². The first-order valence-electron chi connectivity index (χ1n) is 5.56. The number of benzene rings is 1. The summed E-state index contributed by atoms with van der Waals surface area (Å²) in [5, 5.41) is 2.89. The molecule has 0 aromatic heterocycles. The number of hydrogen-bond acceptors (Lipinski definition) is 3. The third-order valence-corrected chi connectivity index (χ3v) is 2.79. The van der Waals surface area contributed by atoms with Crippen LogP contribution in [0.3, 0.4) is 0 Å². The van der Waals surface area contributed by atoms with E-state index in [1.54, 1.807) is 7.05 Å². The molecule has 0 atom stereocenters. The predicted octanol–water partition coefficient (Wildman–Crippen LogP) is 1.10. The molecule has 0 radical (unpaired) electrons. The van der Waals surface area contributed by atoms with E-state index in [1.807, 2.05) is 0 Å². The van der Waals surface area contributed by atoms with Crippen LogP contribution in [0.2, 0.25) is 0 Å². The van der Waals surface area contributed by atoms with Gasteiger partial charge in [-0.1, -0.05) is 0 Å². The number of hydrogen-bond donors (Lipinski definition) is 1. The summed E-state index contributed by atoms with van der Waals surface area (Å²) in [6.45, 7) is 0.858. The molecule has 2 rings (SSSR count). The van der Waals surface area contributed by atoms with Crippen LogP contribution >= 0.6 is 0 Å². The van der Waals surface area contributed by atoms with Gasteiger partial charge in [0.1, 0.15) is 5.82 Å². The topological polar surface area (TPSA) is 49.4 Å². The molecule has 1 aromatic rings. The number of ketones is 1. The number of anilines is 1. The highest BCUT2D eigenvalue weighted by Crippen LogP contribution is 2.32. The lowest BCUT2D eigenvalue weighted by Gasteiger charge is -2.16. The lowest BCUT2D eigenvalue weighted by atomic mass is 10.1. The summed E-state index contributed by atoms with van der Waals surface area (Å²) < 4.78 is 26.7. The lowest BCUT2D eigenvalue weighted by molar-refractivity contribution is -0.114. The van der Waals surface area contributed by atoms with Gasteiger partial charge in [-0.3, -0.25) is 9.59 Å². The molecule has 0 aliphatic carbocycles. The van der Waals surface area contributed by atoms with Gasteiger partial charge in [0.05, 0.1) is 11.3 Å². The molecule has 0 saturated carbocycles. The maximum Gasteiger partial charge on any atom is 0.299 e.